The van der Waals surface area contributed by atoms with Crippen LogP contribution in [0.4, 0.5) is 39.5 Å². The average molecular weight is 871 g/mol. The molecular formula is C43H47F9N4O5. The van der Waals surface area contributed by atoms with Crippen LogP contribution in [0.5, 0.6) is 11.5 Å². The number of likely N-dealkylation sites (tertiary alicyclic amines) is 1. The first-order valence-electron chi connectivity index (χ1n) is 19.4. The van der Waals surface area contributed by atoms with E-state index < -0.39 is 73.9 Å². The molecule has 2 aliphatic heterocycles. The van der Waals surface area contributed by atoms with Crippen molar-refractivity contribution in [3.63, 3.8) is 0 Å². The lowest BCUT2D eigenvalue weighted by Crippen LogP contribution is -2.56. The summed E-state index contributed by atoms with van der Waals surface area (Å²) >= 11 is 0. The van der Waals surface area contributed by atoms with Crippen molar-refractivity contribution in [2.45, 2.75) is 57.3 Å². The number of amides is 1. The maximum atomic E-state index is 12.9. The highest BCUT2D eigenvalue weighted by atomic mass is 19.4. The van der Waals surface area contributed by atoms with E-state index in [4.69, 9.17) is 15.2 Å². The molecular weight excluding hydrogens is 823 g/mol. The van der Waals surface area contributed by atoms with E-state index in [0.717, 1.165) is 87.6 Å². The van der Waals surface area contributed by atoms with Crippen LogP contribution in [-0.2, 0) is 35.3 Å². The Morgan fingerprint density at radius 3 is 1.82 bits per heavy atom. The normalized spacial score (nSPS) is 16.8. The first-order chi connectivity index (χ1) is 28.7. The second kappa shape index (κ2) is 19.3. The van der Waals surface area contributed by atoms with Crippen LogP contribution in [0.3, 0.4) is 0 Å². The number of carboxylic acid groups (broad SMARTS) is 1. The predicted molar refractivity (Wildman–Crippen MR) is 210 cm³/mol. The standard InChI is InChI=1S/C34H35F3N2O4.C9H12F6N2O/c1-42-30-15-11-25(22-39-19-17-38(18-20-39)21-23-9-13-26(14-10-23)34(35,36)37)33(43-2)32(30)29-8-4-6-27-24(12-16-31(40)41)5-3-7-28(27)29;10-8(11,12)5-17-3-1-7(2-4-17,6(16)18)9(13,14)15/h3-11,13-15H,12,16-22H2,1-2H3,(H,40,41);1-5H2,(H2,16,18). The Hall–Kier alpha value is -5.07. The first kappa shape index (κ1) is 47.0. The summed E-state index contributed by atoms with van der Waals surface area (Å²) in [4.78, 5) is 27.7. The molecule has 61 heavy (non-hydrogen) atoms. The monoisotopic (exact) mass is 870 g/mol. The molecule has 3 N–H and O–H groups in total. The maximum absolute atomic E-state index is 12.9. The van der Waals surface area contributed by atoms with Gasteiger partial charge in [0.1, 0.15) is 16.9 Å². The first-order valence-corrected chi connectivity index (χ1v) is 19.4. The van der Waals surface area contributed by atoms with Gasteiger partial charge in [-0.15, -0.1) is 0 Å². The Morgan fingerprint density at radius 2 is 1.30 bits per heavy atom. The number of methoxy groups -OCH3 is 2. The van der Waals surface area contributed by atoms with Gasteiger partial charge in [0.05, 0.1) is 31.9 Å². The third-order valence-electron chi connectivity index (χ3n) is 11.2. The Kier molecular flexibility index (Phi) is 14.9. The fraction of sp³-hybridized carbons (Fsp3) is 0.442. The van der Waals surface area contributed by atoms with Crippen LogP contribution in [0.25, 0.3) is 21.9 Å². The summed E-state index contributed by atoms with van der Waals surface area (Å²) in [6.45, 7) is 2.31. The second-order valence-electron chi connectivity index (χ2n) is 15.1. The Bertz CT molecular complexity index is 2130. The highest BCUT2D eigenvalue weighted by Crippen LogP contribution is 2.47. The topological polar surface area (TPSA) is 109 Å². The summed E-state index contributed by atoms with van der Waals surface area (Å²) in [5, 5.41) is 11.2. The fourth-order valence-corrected chi connectivity index (χ4v) is 7.86. The molecule has 0 bridgehead atoms. The van der Waals surface area contributed by atoms with E-state index in [0.29, 0.717) is 25.3 Å². The highest BCUT2D eigenvalue weighted by Gasteiger charge is 2.60. The van der Waals surface area contributed by atoms with Gasteiger partial charge in [0.25, 0.3) is 0 Å². The van der Waals surface area contributed by atoms with E-state index >= 15 is 0 Å². The molecule has 4 aromatic rings. The zero-order chi connectivity index (χ0) is 44.8. The molecule has 2 fully saturated rings. The van der Waals surface area contributed by atoms with Gasteiger partial charge in [-0.3, -0.25) is 24.3 Å². The molecule has 6 rings (SSSR count). The number of carbonyl (C=O) groups excluding carboxylic acids is 1. The van der Waals surface area contributed by atoms with Gasteiger partial charge in [-0.05, 0) is 78.0 Å². The maximum Gasteiger partial charge on any atom is 0.416 e. The number of hydrogen-bond donors (Lipinski definition) is 2. The lowest BCUT2D eigenvalue weighted by atomic mass is 9.77. The SMILES string of the molecule is COc1ccc(CN2CCN(Cc3ccc(C(F)(F)F)cc3)CC2)c(OC)c1-c1cccc2c(CCC(=O)O)cccc12.NC(=O)C1(C(F)(F)F)CCN(CC(F)(F)F)CC1. The number of carbonyl (C=O) groups is 2. The number of primary amides is 1. The summed E-state index contributed by atoms with van der Waals surface area (Å²) in [7, 11) is 3.30. The molecule has 2 saturated heterocycles. The average Bonchev–Trinajstić information content (AvgIpc) is 3.19. The number of piperazine rings is 1. The number of piperidine rings is 1. The summed E-state index contributed by atoms with van der Waals surface area (Å²) in [5.74, 6) is -0.938. The van der Waals surface area contributed by atoms with Crippen LogP contribution in [0.2, 0.25) is 0 Å². The molecule has 0 aromatic heterocycles. The van der Waals surface area contributed by atoms with Crippen LogP contribution in [-0.4, -0.2) is 104 Å². The van der Waals surface area contributed by atoms with E-state index in [1.807, 2.05) is 48.5 Å². The number of halogens is 9. The molecule has 2 aliphatic rings. The second-order valence-corrected chi connectivity index (χ2v) is 15.1. The zero-order valence-electron chi connectivity index (χ0n) is 33.5. The van der Waals surface area contributed by atoms with E-state index in [1.165, 1.54) is 0 Å². The molecule has 0 aliphatic carbocycles. The number of nitrogens with zero attached hydrogens (tertiary/aromatic N) is 3. The van der Waals surface area contributed by atoms with Gasteiger partial charge in [0, 0.05) is 51.3 Å². The predicted octanol–water partition coefficient (Wildman–Crippen LogP) is 8.56. The van der Waals surface area contributed by atoms with E-state index in [9.17, 15) is 54.2 Å². The Morgan fingerprint density at radius 1 is 0.705 bits per heavy atom. The number of nitrogens with two attached hydrogens (primary N) is 1. The molecule has 0 atom stereocenters. The number of carboxylic acids is 1. The van der Waals surface area contributed by atoms with Crippen molar-refractivity contribution >= 4 is 22.6 Å². The van der Waals surface area contributed by atoms with Crippen LogP contribution in [0, 0.1) is 5.41 Å². The van der Waals surface area contributed by atoms with Gasteiger partial charge in [-0.25, -0.2) is 0 Å². The van der Waals surface area contributed by atoms with E-state index in [1.54, 1.807) is 26.4 Å². The lowest BCUT2D eigenvalue weighted by Gasteiger charge is -2.40. The highest BCUT2D eigenvalue weighted by molar-refractivity contribution is 6.01. The zero-order valence-corrected chi connectivity index (χ0v) is 33.5. The molecule has 1 amide bonds. The number of benzene rings is 4. The van der Waals surface area contributed by atoms with Crippen molar-refractivity contribution in [2.75, 3.05) is 60.0 Å². The molecule has 0 spiro atoms. The number of alkyl halides is 9. The fourth-order valence-electron chi connectivity index (χ4n) is 7.86. The van der Waals surface area contributed by atoms with Gasteiger partial charge in [0.2, 0.25) is 5.91 Å². The van der Waals surface area contributed by atoms with Crippen LogP contribution in [0.15, 0.2) is 72.8 Å². The molecule has 0 saturated carbocycles. The number of ether oxygens (including phenoxy) is 2. The van der Waals surface area contributed by atoms with Gasteiger partial charge < -0.3 is 20.3 Å². The quantitative estimate of drug-likeness (QED) is 0.137. The molecule has 18 heteroatoms. The molecule has 0 radical (unpaired) electrons. The number of fused-ring (bicyclic) bond motifs is 1. The van der Waals surface area contributed by atoms with Gasteiger partial charge in [0.15, 0.2) is 0 Å². The van der Waals surface area contributed by atoms with Crippen LogP contribution < -0.4 is 15.2 Å². The van der Waals surface area contributed by atoms with Gasteiger partial charge in [-0.2, -0.15) is 39.5 Å². The summed E-state index contributed by atoms with van der Waals surface area (Å²) in [6.07, 6.45) is -14.6. The third kappa shape index (κ3) is 11.7. The summed E-state index contributed by atoms with van der Waals surface area (Å²) < 4.78 is 125. The lowest BCUT2D eigenvalue weighted by molar-refractivity contribution is -0.234. The third-order valence-corrected chi connectivity index (χ3v) is 11.2. The smallest absolute Gasteiger partial charge is 0.416 e. The van der Waals surface area contributed by atoms with Crippen molar-refractivity contribution < 1.29 is 63.7 Å². The van der Waals surface area contributed by atoms with E-state index in [-0.39, 0.29) is 6.42 Å². The molecule has 332 valence electrons. The molecule has 2 heterocycles. The number of aryl methyl sites for hydroxylation is 1. The molecule has 9 nitrogen and oxygen atoms in total. The van der Waals surface area contributed by atoms with Crippen molar-refractivity contribution in [2.24, 2.45) is 11.1 Å². The summed E-state index contributed by atoms with van der Waals surface area (Å²) in [5.41, 5.74) is 6.10. The minimum absolute atomic E-state index is 0.0586. The minimum Gasteiger partial charge on any atom is -0.496 e. The van der Waals surface area contributed by atoms with Crippen molar-refractivity contribution in [1.82, 2.24) is 14.7 Å². The van der Waals surface area contributed by atoms with Crippen molar-refractivity contribution in [3.8, 4) is 22.6 Å². The Labute approximate surface area is 346 Å². The van der Waals surface area contributed by atoms with Gasteiger partial charge >= 0.3 is 24.5 Å². The molecule has 0 unspecified atom stereocenters. The number of rotatable bonds is 12. The largest absolute Gasteiger partial charge is 0.496 e. The van der Waals surface area contributed by atoms with Gasteiger partial charge in [-0.1, -0.05) is 54.6 Å². The van der Waals surface area contributed by atoms with Crippen molar-refractivity contribution in [1.29, 1.82) is 0 Å². The summed E-state index contributed by atoms with van der Waals surface area (Å²) in [6, 6.07) is 21.4. The van der Waals surface area contributed by atoms with Crippen LogP contribution >= 0.6 is 0 Å². The number of aliphatic carboxylic acids is 1. The minimum atomic E-state index is -4.83. The Balaban J connectivity index is 0.000000328. The van der Waals surface area contributed by atoms with Crippen LogP contribution in [0.1, 0.15) is 41.5 Å². The van der Waals surface area contributed by atoms with E-state index in [2.05, 4.69) is 9.80 Å². The molecule has 4 aromatic carbocycles. The number of hydrogen-bond acceptors (Lipinski definition) is 7. The van der Waals surface area contributed by atoms with Crippen molar-refractivity contribution in [3.05, 3.63) is 95.1 Å².